The van der Waals surface area contributed by atoms with Crippen molar-refractivity contribution in [2.24, 2.45) is 0 Å². The number of carbonyl (C=O) groups is 1. The van der Waals surface area contributed by atoms with Crippen LogP contribution in [0, 0.1) is 5.82 Å². The average molecular weight is 349 g/mol. The number of para-hydroxylation sites is 1. The number of pyridine rings is 1. The number of nitrogens with zero attached hydrogens (tertiary/aromatic N) is 2. The first-order chi connectivity index (χ1) is 12.7. The van der Waals surface area contributed by atoms with Gasteiger partial charge in [-0.3, -0.25) is 9.78 Å². The van der Waals surface area contributed by atoms with Crippen LogP contribution in [0.25, 0.3) is 10.9 Å². The van der Waals surface area contributed by atoms with E-state index < -0.39 is 0 Å². The Balaban J connectivity index is 1.47. The maximum absolute atomic E-state index is 14.1. The van der Waals surface area contributed by atoms with Gasteiger partial charge in [-0.1, -0.05) is 24.3 Å². The van der Waals surface area contributed by atoms with Crippen LogP contribution in [0.2, 0.25) is 0 Å². The van der Waals surface area contributed by atoms with Gasteiger partial charge >= 0.3 is 0 Å². The van der Waals surface area contributed by atoms with Crippen LogP contribution >= 0.6 is 0 Å². The van der Waals surface area contributed by atoms with Crippen LogP contribution in [-0.2, 0) is 11.3 Å². The van der Waals surface area contributed by atoms with Crippen LogP contribution in [0.15, 0.2) is 60.8 Å². The molecule has 26 heavy (non-hydrogen) atoms. The lowest BCUT2D eigenvalue weighted by Crippen LogP contribution is -2.50. The van der Waals surface area contributed by atoms with Gasteiger partial charge in [-0.25, -0.2) is 4.39 Å². The summed E-state index contributed by atoms with van der Waals surface area (Å²) in [6.07, 6.45) is 3.39. The minimum atomic E-state index is -0.358. The van der Waals surface area contributed by atoms with Crippen molar-refractivity contribution in [3.63, 3.8) is 0 Å². The molecule has 0 saturated carbocycles. The highest BCUT2D eigenvalue weighted by Gasteiger charge is 2.30. The molecule has 1 unspecified atom stereocenters. The van der Waals surface area contributed by atoms with E-state index in [2.05, 4.69) is 16.4 Å². The molecule has 1 fully saturated rings. The summed E-state index contributed by atoms with van der Waals surface area (Å²) in [5.74, 6) is -0.424. The summed E-state index contributed by atoms with van der Waals surface area (Å²) in [7, 11) is 0. The quantitative estimate of drug-likeness (QED) is 0.782. The monoisotopic (exact) mass is 349 g/mol. The van der Waals surface area contributed by atoms with Gasteiger partial charge in [0.1, 0.15) is 5.82 Å². The predicted molar refractivity (Wildman–Crippen MR) is 100 cm³/mol. The molecule has 4 nitrogen and oxygen atoms in total. The second-order valence-corrected chi connectivity index (χ2v) is 6.55. The standard InChI is InChI=1S/C21H20FN3O/c22-17-6-1-2-8-20(17)25-12-4-7-19(21(25)26)24-14-15-9-10-18-16(13-15)5-3-11-23-18/h1-3,5-6,8-11,13,19,24H,4,7,12,14H2. The highest BCUT2D eigenvalue weighted by molar-refractivity contribution is 5.98. The zero-order valence-corrected chi connectivity index (χ0v) is 14.4. The van der Waals surface area contributed by atoms with Gasteiger partial charge in [-0.15, -0.1) is 0 Å². The maximum atomic E-state index is 14.1. The number of hydrogen-bond acceptors (Lipinski definition) is 3. The molecule has 0 bridgehead atoms. The third-order valence-electron chi connectivity index (χ3n) is 4.80. The van der Waals surface area contributed by atoms with Crippen LogP contribution in [0.5, 0.6) is 0 Å². The van der Waals surface area contributed by atoms with Gasteiger partial charge in [-0.2, -0.15) is 0 Å². The van der Waals surface area contributed by atoms with E-state index in [1.165, 1.54) is 6.07 Å². The molecule has 5 heteroatoms. The fourth-order valence-electron chi connectivity index (χ4n) is 3.45. The average Bonchev–Trinajstić information content (AvgIpc) is 2.68. The first kappa shape index (κ1) is 16.7. The summed E-state index contributed by atoms with van der Waals surface area (Å²) >= 11 is 0. The SMILES string of the molecule is O=C1C(NCc2ccc3ncccc3c2)CCCN1c1ccccc1F. The Morgan fingerprint density at radius 1 is 1.15 bits per heavy atom. The normalized spacial score (nSPS) is 17.7. The van der Waals surface area contributed by atoms with Crippen LogP contribution in [0.3, 0.4) is 0 Å². The summed E-state index contributed by atoms with van der Waals surface area (Å²) in [5.41, 5.74) is 2.41. The molecule has 0 radical (unpaired) electrons. The van der Waals surface area contributed by atoms with E-state index >= 15 is 0 Å². The number of halogens is 1. The topological polar surface area (TPSA) is 45.2 Å². The van der Waals surface area contributed by atoms with Gasteiger partial charge in [-0.05, 0) is 48.7 Å². The van der Waals surface area contributed by atoms with Crippen molar-refractivity contribution < 1.29 is 9.18 Å². The molecule has 1 aliphatic heterocycles. The third-order valence-corrected chi connectivity index (χ3v) is 4.80. The number of amides is 1. The number of aromatic nitrogens is 1. The lowest BCUT2D eigenvalue weighted by molar-refractivity contribution is -0.121. The second kappa shape index (κ2) is 7.22. The zero-order valence-electron chi connectivity index (χ0n) is 14.4. The fourth-order valence-corrected chi connectivity index (χ4v) is 3.45. The first-order valence-corrected chi connectivity index (χ1v) is 8.85. The van der Waals surface area contributed by atoms with Crippen molar-refractivity contribution in [1.82, 2.24) is 10.3 Å². The number of fused-ring (bicyclic) bond motifs is 1. The first-order valence-electron chi connectivity index (χ1n) is 8.85. The van der Waals surface area contributed by atoms with E-state index in [-0.39, 0.29) is 17.8 Å². The summed E-state index contributed by atoms with van der Waals surface area (Å²) < 4.78 is 14.1. The van der Waals surface area contributed by atoms with Gasteiger partial charge in [0.05, 0.1) is 17.2 Å². The Kier molecular flexibility index (Phi) is 4.63. The number of benzene rings is 2. The summed E-state index contributed by atoms with van der Waals surface area (Å²) in [4.78, 5) is 18.7. The molecule has 2 heterocycles. The molecule has 1 N–H and O–H groups in total. The van der Waals surface area contributed by atoms with E-state index in [0.717, 1.165) is 29.3 Å². The second-order valence-electron chi connectivity index (χ2n) is 6.55. The van der Waals surface area contributed by atoms with Crippen LogP contribution in [0.4, 0.5) is 10.1 Å². The Labute approximate surface area is 151 Å². The molecule has 3 aromatic rings. The molecule has 1 amide bonds. The molecule has 0 spiro atoms. The predicted octanol–water partition coefficient (Wildman–Crippen LogP) is 3.66. The number of nitrogens with one attached hydrogen (secondary N) is 1. The van der Waals surface area contributed by atoms with Gasteiger partial charge in [0.25, 0.3) is 0 Å². The number of rotatable bonds is 4. The van der Waals surface area contributed by atoms with Crippen LogP contribution < -0.4 is 10.2 Å². The molecule has 1 saturated heterocycles. The Hall–Kier alpha value is -2.79. The molecule has 0 aliphatic carbocycles. The summed E-state index contributed by atoms with van der Waals surface area (Å²) in [6.45, 7) is 1.14. The summed E-state index contributed by atoms with van der Waals surface area (Å²) in [6, 6.07) is 16.2. The van der Waals surface area contributed by atoms with Gasteiger partial charge in [0.2, 0.25) is 5.91 Å². The maximum Gasteiger partial charge on any atom is 0.244 e. The Bertz CT molecular complexity index is 943. The molecule has 1 aliphatic rings. The van der Waals surface area contributed by atoms with Crippen LogP contribution in [-0.4, -0.2) is 23.5 Å². The minimum Gasteiger partial charge on any atom is -0.308 e. The molecule has 1 atom stereocenters. The Morgan fingerprint density at radius 2 is 2.04 bits per heavy atom. The number of carbonyl (C=O) groups excluding carboxylic acids is 1. The highest BCUT2D eigenvalue weighted by Crippen LogP contribution is 2.24. The lowest BCUT2D eigenvalue weighted by atomic mass is 10.0. The Morgan fingerprint density at radius 3 is 2.92 bits per heavy atom. The van der Waals surface area contributed by atoms with Crippen molar-refractivity contribution >= 4 is 22.5 Å². The lowest BCUT2D eigenvalue weighted by Gasteiger charge is -2.33. The largest absolute Gasteiger partial charge is 0.308 e. The van der Waals surface area contributed by atoms with Crippen molar-refractivity contribution in [2.75, 3.05) is 11.4 Å². The van der Waals surface area contributed by atoms with Gasteiger partial charge in [0.15, 0.2) is 0 Å². The molecule has 132 valence electrons. The molecular weight excluding hydrogens is 329 g/mol. The summed E-state index contributed by atoms with van der Waals surface area (Å²) in [5, 5.41) is 4.42. The van der Waals surface area contributed by atoms with Gasteiger partial charge < -0.3 is 10.2 Å². The molecule has 2 aromatic carbocycles. The van der Waals surface area contributed by atoms with Crippen molar-refractivity contribution in [3.05, 3.63) is 72.2 Å². The number of hydrogen-bond donors (Lipinski definition) is 1. The van der Waals surface area contributed by atoms with E-state index in [1.54, 1.807) is 29.3 Å². The fraction of sp³-hybridized carbons (Fsp3) is 0.238. The third kappa shape index (κ3) is 3.30. The number of anilines is 1. The van der Waals surface area contributed by atoms with Crippen molar-refractivity contribution in [3.8, 4) is 0 Å². The van der Waals surface area contributed by atoms with E-state index in [0.29, 0.717) is 18.8 Å². The molecule has 1 aromatic heterocycles. The zero-order chi connectivity index (χ0) is 17.9. The molecule has 4 rings (SSSR count). The van der Waals surface area contributed by atoms with E-state index in [9.17, 15) is 9.18 Å². The minimum absolute atomic E-state index is 0.0659. The number of piperidine rings is 1. The van der Waals surface area contributed by atoms with E-state index in [4.69, 9.17) is 0 Å². The van der Waals surface area contributed by atoms with Crippen molar-refractivity contribution in [1.29, 1.82) is 0 Å². The molecular formula is C21H20FN3O. The van der Waals surface area contributed by atoms with Gasteiger partial charge in [0, 0.05) is 24.7 Å². The smallest absolute Gasteiger partial charge is 0.244 e. The van der Waals surface area contributed by atoms with E-state index in [1.807, 2.05) is 24.3 Å². The highest BCUT2D eigenvalue weighted by atomic mass is 19.1. The van der Waals surface area contributed by atoms with Crippen LogP contribution in [0.1, 0.15) is 18.4 Å². The van der Waals surface area contributed by atoms with Crippen molar-refractivity contribution in [2.45, 2.75) is 25.4 Å².